The summed E-state index contributed by atoms with van der Waals surface area (Å²) in [7, 11) is 0. The lowest BCUT2D eigenvalue weighted by molar-refractivity contribution is -0.378. The highest BCUT2D eigenvalue weighted by molar-refractivity contribution is 8.26. The quantitative estimate of drug-likeness (QED) is 0.595. The number of rotatable bonds is 4. The van der Waals surface area contributed by atoms with E-state index < -0.39 is 12.0 Å². The number of amides is 1. The summed E-state index contributed by atoms with van der Waals surface area (Å²) in [4.78, 5) is 28.2. The minimum atomic E-state index is -1.29. The molecule has 0 radical (unpaired) electrons. The molecule has 2 rings (SSSR count). The topological polar surface area (TPSA) is 74.6 Å². The summed E-state index contributed by atoms with van der Waals surface area (Å²) in [5.41, 5.74) is 0.837. The Morgan fingerprint density at radius 3 is 2.57 bits per heavy atom. The molecule has 1 unspecified atom stereocenters. The Labute approximate surface area is 132 Å². The van der Waals surface area contributed by atoms with Crippen LogP contribution in [0.1, 0.15) is 19.4 Å². The van der Waals surface area contributed by atoms with Gasteiger partial charge in [-0.3, -0.25) is 9.69 Å². The number of thioether (sulfide) groups is 1. The summed E-state index contributed by atoms with van der Waals surface area (Å²) in [5.74, 6) is -1.97. The lowest BCUT2D eigenvalue weighted by Gasteiger charge is -2.30. The van der Waals surface area contributed by atoms with Gasteiger partial charge in [0.1, 0.15) is 4.32 Å². The van der Waals surface area contributed by atoms with Crippen molar-refractivity contribution in [2.45, 2.75) is 19.9 Å². The third-order valence-corrected chi connectivity index (χ3v) is 4.35. The zero-order valence-corrected chi connectivity index (χ0v) is 13.2. The summed E-state index contributed by atoms with van der Waals surface area (Å²) in [6.07, 6.45) is 5.18. The number of thiocarbonyl (C=S) groups is 1. The molecule has 1 aromatic heterocycles. The average molecular weight is 322 g/mol. The molecule has 0 saturated carbocycles. The summed E-state index contributed by atoms with van der Waals surface area (Å²) < 4.78 is 0.247. The fraction of sp³-hybridized carbons (Fsp3) is 0.286. The number of aliphatic carboxylic acids is 1. The Kier molecular flexibility index (Phi) is 4.74. The van der Waals surface area contributed by atoms with Gasteiger partial charge in [-0.1, -0.05) is 37.8 Å². The Morgan fingerprint density at radius 2 is 2.05 bits per heavy atom. The van der Waals surface area contributed by atoms with Crippen LogP contribution in [0.3, 0.4) is 0 Å². The molecule has 1 aliphatic heterocycles. The second-order valence-electron chi connectivity index (χ2n) is 4.89. The highest BCUT2D eigenvalue weighted by Crippen LogP contribution is 2.35. The molecule has 21 heavy (non-hydrogen) atoms. The Hall–Kier alpha value is -1.73. The summed E-state index contributed by atoms with van der Waals surface area (Å²) in [5, 5.41) is 11.3. The molecular weight excluding hydrogens is 308 g/mol. The van der Waals surface area contributed by atoms with Crippen LogP contribution in [-0.4, -0.2) is 27.1 Å². The third kappa shape index (κ3) is 3.30. The van der Waals surface area contributed by atoms with Crippen LogP contribution in [0.5, 0.6) is 0 Å². The number of nitrogens with zero attached hydrogens (tertiary/aromatic N) is 1. The van der Waals surface area contributed by atoms with Crippen LogP contribution >= 0.6 is 24.0 Å². The van der Waals surface area contributed by atoms with Gasteiger partial charge in [0.05, 0.1) is 16.9 Å². The molecule has 110 valence electrons. The van der Waals surface area contributed by atoms with Crippen molar-refractivity contribution in [3.63, 3.8) is 0 Å². The number of aromatic nitrogens is 1. The van der Waals surface area contributed by atoms with Gasteiger partial charge in [0.15, 0.2) is 12.4 Å². The first kappa shape index (κ1) is 15.7. The van der Waals surface area contributed by atoms with Gasteiger partial charge in [-0.15, -0.1) is 0 Å². The summed E-state index contributed by atoms with van der Waals surface area (Å²) in [6.45, 7) is 3.44. The van der Waals surface area contributed by atoms with Gasteiger partial charge >= 0.3 is 0 Å². The lowest BCUT2D eigenvalue weighted by Crippen LogP contribution is -2.52. The second-order valence-corrected chi connectivity index (χ2v) is 6.57. The SMILES string of the molecule is CC(C)C(C(=O)[O-])N1C(=O)C(=Cc2cc[nH+]cc2)SC1=S. The van der Waals surface area contributed by atoms with Gasteiger partial charge in [0, 0.05) is 12.1 Å². The molecule has 1 aliphatic rings. The number of carbonyl (C=O) groups is 2. The molecule has 1 saturated heterocycles. The maximum absolute atomic E-state index is 12.4. The molecule has 0 aliphatic carbocycles. The number of carboxylic acid groups (broad SMARTS) is 1. The predicted octanol–water partition coefficient (Wildman–Crippen LogP) is 0.476. The molecule has 1 N–H and O–H groups in total. The van der Waals surface area contributed by atoms with Crippen molar-refractivity contribution < 1.29 is 19.7 Å². The van der Waals surface area contributed by atoms with E-state index in [2.05, 4.69) is 4.98 Å². The first-order valence-electron chi connectivity index (χ1n) is 6.36. The van der Waals surface area contributed by atoms with Crippen LogP contribution in [0.25, 0.3) is 6.08 Å². The van der Waals surface area contributed by atoms with Gasteiger partial charge < -0.3 is 9.90 Å². The lowest BCUT2D eigenvalue weighted by atomic mass is 10.0. The van der Waals surface area contributed by atoms with E-state index in [0.717, 1.165) is 22.2 Å². The van der Waals surface area contributed by atoms with E-state index in [1.54, 1.807) is 32.3 Å². The third-order valence-electron chi connectivity index (χ3n) is 3.02. The van der Waals surface area contributed by atoms with E-state index in [9.17, 15) is 14.7 Å². The van der Waals surface area contributed by atoms with E-state index in [0.29, 0.717) is 4.91 Å². The van der Waals surface area contributed by atoms with E-state index in [1.165, 1.54) is 0 Å². The van der Waals surface area contributed by atoms with Crippen LogP contribution in [0.2, 0.25) is 0 Å². The molecular formula is C14H14N2O3S2. The predicted molar refractivity (Wildman–Crippen MR) is 81.6 cm³/mol. The van der Waals surface area contributed by atoms with Gasteiger partial charge in [-0.25, -0.2) is 4.98 Å². The fourth-order valence-corrected chi connectivity index (χ4v) is 3.37. The fourth-order valence-electron chi connectivity index (χ4n) is 2.04. The average Bonchev–Trinajstić information content (AvgIpc) is 2.67. The molecule has 7 heteroatoms. The molecule has 1 atom stereocenters. The number of nitrogens with one attached hydrogen (secondary N) is 1. The molecule has 0 spiro atoms. The first-order valence-corrected chi connectivity index (χ1v) is 7.58. The van der Waals surface area contributed by atoms with Crippen LogP contribution in [0.4, 0.5) is 0 Å². The molecule has 0 aromatic carbocycles. The van der Waals surface area contributed by atoms with E-state index in [4.69, 9.17) is 12.2 Å². The molecule has 1 fully saturated rings. The normalized spacial score (nSPS) is 18.6. The standard InChI is InChI=1S/C14H14N2O3S2/c1-8(2)11(13(18)19)16-12(17)10(21-14(16)20)7-9-3-5-15-6-4-9/h3-8,11H,1-2H3,(H,18,19). The van der Waals surface area contributed by atoms with Gasteiger partial charge in [-0.05, 0) is 17.6 Å². The first-order chi connectivity index (χ1) is 9.91. The van der Waals surface area contributed by atoms with Crippen molar-refractivity contribution in [3.8, 4) is 0 Å². The van der Waals surface area contributed by atoms with Crippen molar-refractivity contribution in [1.82, 2.24) is 4.90 Å². The zero-order valence-electron chi connectivity index (χ0n) is 11.5. The van der Waals surface area contributed by atoms with Crippen molar-refractivity contribution in [2.24, 2.45) is 5.92 Å². The number of aromatic amines is 1. The largest absolute Gasteiger partial charge is 0.548 e. The minimum Gasteiger partial charge on any atom is -0.548 e. The second kappa shape index (κ2) is 6.36. The zero-order chi connectivity index (χ0) is 15.6. The molecule has 1 amide bonds. The molecule has 2 heterocycles. The number of hydrogen-bond acceptors (Lipinski definition) is 5. The number of pyridine rings is 1. The Balaban J connectivity index is 2.32. The van der Waals surface area contributed by atoms with Gasteiger partial charge in [0.25, 0.3) is 5.91 Å². The number of hydrogen-bond donors (Lipinski definition) is 0. The number of H-pyrrole nitrogens is 1. The van der Waals surface area contributed by atoms with E-state index in [1.807, 2.05) is 12.1 Å². The van der Waals surface area contributed by atoms with Crippen molar-refractivity contribution in [3.05, 3.63) is 35.0 Å². The highest BCUT2D eigenvalue weighted by atomic mass is 32.2. The monoisotopic (exact) mass is 322 g/mol. The maximum atomic E-state index is 12.4. The smallest absolute Gasteiger partial charge is 0.266 e. The van der Waals surface area contributed by atoms with Crippen LogP contribution in [-0.2, 0) is 9.59 Å². The van der Waals surface area contributed by atoms with Crippen molar-refractivity contribution in [2.75, 3.05) is 0 Å². The maximum Gasteiger partial charge on any atom is 0.266 e. The van der Waals surface area contributed by atoms with E-state index >= 15 is 0 Å². The van der Waals surface area contributed by atoms with Gasteiger partial charge in [0.2, 0.25) is 0 Å². The number of carbonyl (C=O) groups excluding carboxylic acids is 2. The Morgan fingerprint density at radius 1 is 1.43 bits per heavy atom. The molecule has 1 aromatic rings. The van der Waals surface area contributed by atoms with E-state index in [-0.39, 0.29) is 16.1 Å². The highest BCUT2D eigenvalue weighted by Gasteiger charge is 2.38. The summed E-state index contributed by atoms with van der Waals surface area (Å²) in [6, 6.07) is 2.57. The van der Waals surface area contributed by atoms with Crippen LogP contribution in [0.15, 0.2) is 29.4 Å². The molecule has 5 nitrogen and oxygen atoms in total. The van der Waals surface area contributed by atoms with Crippen molar-refractivity contribution >= 4 is 46.3 Å². The minimum absolute atomic E-state index is 0.247. The van der Waals surface area contributed by atoms with Gasteiger partial charge in [-0.2, -0.15) is 0 Å². The van der Waals surface area contributed by atoms with Crippen LogP contribution in [0, 0.1) is 5.92 Å². The molecule has 0 bridgehead atoms. The summed E-state index contributed by atoms with van der Waals surface area (Å²) >= 11 is 6.26. The van der Waals surface area contributed by atoms with Crippen molar-refractivity contribution in [1.29, 1.82) is 0 Å². The number of carboxylic acids is 1. The Bertz CT molecular complexity index is 614. The van der Waals surface area contributed by atoms with Crippen LogP contribution < -0.4 is 10.1 Å².